The molecule has 2 saturated heterocycles. The summed E-state index contributed by atoms with van der Waals surface area (Å²) in [6.45, 7) is 19.6. The summed E-state index contributed by atoms with van der Waals surface area (Å²) in [6, 6.07) is 44.1. The van der Waals surface area contributed by atoms with Crippen LogP contribution in [0.4, 0.5) is 0 Å². The first-order chi connectivity index (χ1) is 23.7. The van der Waals surface area contributed by atoms with E-state index in [1.54, 1.807) is 0 Å². The SMILES string of the molecule is CC(N1CCN(Cc2ccccc2)CCN(Cc2ccccc2)CC1)N1CCN(Cc2ccccc2)CCN(Cc2ccccc2)CC1. The van der Waals surface area contributed by atoms with Gasteiger partial charge < -0.3 is 0 Å². The van der Waals surface area contributed by atoms with Gasteiger partial charge in [0.25, 0.3) is 0 Å². The fraction of sp³-hybridized carbons (Fsp3) is 0.429. The maximum atomic E-state index is 2.78. The molecule has 2 aliphatic rings. The molecule has 48 heavy (non-hydrogen) atoms. The van der Waals surface area contributed by atoms with E-state index < -0.39 is 0 Å². The van der Waals surface area contributed by atoms with Crippen molar-refractivity contribution in [2.24, 2.45) is 0 Å². The molecule has 0 aliphatic carbocycles. The Morgan fingerprint density at radius 3 is 0.771 bits per heavy atom. The van der Waals surface area contributed by atoms with Crippen LogP contribution in [0.25, 0.3) is 0 Å². The highest BCUT2D eigenvalue weighted by molar-refractivity contribution is 5.17. The van der Waals surface area contributed by atoms with Crippen LogP contribution in [-0.4, -0.2) is 114 Å². The van der Waals surface area contributed by atoms with E-state index >= 15 is 0 Å². The van der Waals surface area contributed by atoms with Crippen LogP contribution in [0.3, 0.4) is 0 Å². The highest BCUT2D eigenvalue weighted by atomic mass is 15.4. The van der Waals surface area contributed by atoms with Crippen molar-refractivity contribution >= 4 is 0 Å². The summed E-state index contributed by atoms with van der Waals surface area (Å²) in [7, 11) is 0. The van der Waals surface area contributed by atoms with Gasteiger partial charge in [0.1, 0.15) is 0 Å². The third-order valence-corrected chi connectivity index (χ3v) is 10.3. The Hall–Kier alpha value is -3.36. The Bertz CT molecular complexity index is 1220. The molecule has 0 bridgehead atoms. The first-order valence-corrected chi connectivity index (χ1v) is 18.2. The van der Waals surface area contributed by atoms with E-state index in [0.29, 0.717) is 6.17 Å². The standard InChI is InChI=1S/C42H56N6/c1-38(47-30-26-43(34-39-14-6-2-7-15-39)22-23-44(27-31-47)35-40-16-8-3-9-17-40)48-32-28-45(36-41-18-10-4-11-19-41)24-25-46(29-33-48)37-42-20-12-5-13-21-42/h2-21,38H,22-37H2,1H3. The Labute approximate surface area is 290 Å². The maximum absolute atomic E-state index is 2.78. The zero-order valence-corrected chi connectivity index (χ0v) is 29.1. The third-order valence-electron chi connectivity index (χ3n) is 10.3. The van der Waals surface area contributed by atoms with Crippen molar-refractivity contribution < 1.29 is 0 Å². The molecule has 2 aliphatic heterocycles. The molecule has 0 N–H and O–H groups in total. The summed E-state index contributed by atoms with van der Waals surface area (Å²) in [5.74, 6) is 0. The van der Waals surface area contributed by atoms with Gasteiger partial charge in [0, 0.05) is 105 Å². The van der Waals surface area contributed by atoms with Gasteiger partial charge in [-0.15, -0.1) is 0 Å². The minimum atomic E-state index is 0.371. The summed E-state index contributed by atoms with van der Waals surface area (Å²) < 4.78 is 0. The molecule has 254 valence electrons. The molecule has 4 aromatic carbocycles. The smallest absolute Gasteiger partial charge is 0.0595 e. The van der Waals surface area contributed by atoms with Crippen LogP contribution < -0.4 is 0 Å². The Morgan fingerprint density at radius 1 is 0.333 bits per heavy atom. The number of hydrogen-bond acceptors (Lipinski definition) is 6. The number of hydrogen-bond donors (Lipinski definition) is 0. The van der Waals surface area contributed by atoms with Gasteiger partial charge in [-0.1, -0.05) is 121 Å². The summed E-state index contributed by atoms with van der Waals surface area (Å²) in [5, 5.41) is 0. The van der Waals surface area contributed by atoms with Crippen LogP contribution in [0.2, 0.25) is 0 Å². The van der Waals surface area contributed by atoms with Crippen molar-refractivity contribution in [1.82, 2.24) is 29.4 Å². The predicted octanol–water partition coefficient (Wildman–Crippen LogP) is 5.97. The lowest BCUT2D eigenvalue weighted by Gasteiger charge is -2.39. The molecule has 2 fully saturated rings. The van der Waals surface area contributed by atoms with E-state index in [1.165, 1.54) is 22.3 Å². The summed E-state index contributed by atoms with van der Waals surface area (Å²) in [6.07, 6.45) is 0.371. The predicted molar refractivity (Wildman–Crippen MR) is 199 cm³/mol. The highest BCUT2D eigenvalue weighted by Crippen LogP contribution is 2.16. The normalized spacial score (nSPS) is 19.2. The fourth-order valence-electron chi connectivity index (χ4n) is 7.29. The second kappa shape index (κ2) is 18.4. The van der Waals surface area contributed by atoms with Crippen molar-refractivity contribution in [3.05, 3.63) is 144 Å². The average Bonchev–Trinajstić information content (AvgIpc) is 3.29. The molecule has 4 aromatic rings. The van der Waals surface area contributed by atoms with Crippen molar-refractivity contribution in [3.63, 3.8) is 0 Å². The van der Waals surface area contributed by atoms with Crippen molar-refractivity contribution in [3.8, 4) is 0 Å². The molecule has 0 unspecified atom stereocenters. The lowest BCUT2D eigenvalue weighted by Crippen LogP contribution is -2.52. The monoisotopic (exact) mass is 644 g/mol. The zero-order chi connectivity index (χ0) is 32.8. The van der Waals surface area contributed by atoms with E-state index in [2.05, 4.69) is 158 Å². The highest BCUT2D eigenvalue weighted by Gasteiger charge is 2.26. The van der Waals surface area contributed by atoms with Crippen LogP contribution in [0, 0.1) is 0 Å². The van der Waals surface area contributed by atoms with Gasteiger partial charge in [-0.25, -0.2) is 0 Å². The second-order valence-electron chi connectivity index (χ2n) is 13.8. The van der Waals surface area contributed by atoms with E-state index in [-0.39, 0.29) is 0 Å². The van der Waals surface area contributed by atoms with Gasteiger partial charge in [-0.2, -0.15) is 0 Å². The molecule has 0 radical (unpaired) electrons. The molecule has 0 atom stereocenters. The zero-order valence-electron chi connectivity index (χ0n) is 29.1. The van der Waals surface area contributed by atoms with E-state index in [1.807, 2.05) is 0 Å². The Kier molecular flexibility index (Phi) is 13.2. The van der Waals surface area contributed by atoms with Crippen molar-refractivity contribution in [1.29, 1.82) is 0 Å². The van der Waals surface area contributed by atoms with Crippen LogP contribution in [0.1, 0.15) is 29.2 Å². The first-order valence-electron chi connectivity index (χ1n) is 18.2. The van der Waals surface area contributed by atoms with Crippen LogP contribution in [0.5, 0.6) is 0 Å². The summed E-state index contributed by atoms with van der Waals surface area (Å²) >= 11 is 0. The number of rotatable bonds is 10. The van der Waals surface area contributed by atoms with Gasteiger partial charge in [0.05, 0.1) is 6.17 Å². The lowest BCUT2D eigenvalue weighted by molar-refractivity contribution is 0.0377. The third kappa shape index (κ3) is 10.8. The minimum absolute atomic E-state index is 0.371. The summed E-state index contributed by atoms with van der Waals surface area (Å²) in [4.78, 5) is 16.3. The van der Waals surface area contributed by atoms with Crippen molar-refractivity contribution in [2.45, 2.75) is 39.3 Å². The topological polar surface area (TPSA) is 19.4 Å². The molecule has 6 nitrogen and oxygen atoms in total. The molecule has 0 spiro atoms. The molecule has 0 amide bonds. The van der Waals surface area contributed by atoms with Crippen molar-refractivity contribution in [2.75, 3.05) is 78.5 Å². The summed E-state index contributed by atoms with van der Waals surface area (Å²) in [5.41, 5.74) is 5.62. The van der Waals surface area contributed by atoms with Gasteiger partial charge in [0.15, 0.2) is 0 Å². The largest absolute Gasteiger partial charge is 0.297 e. The second-order valence-corrected chi connectivity index (χ2v) is 13.8. The molecule has 0 aromatic heterocycles. The van der Waals surface area contributed by atoms with Gasteiger partial charge in [0.2, 0.25) is 0 Å². The van der Waals surface area contributed by atoms with Crippen LogP contribution in [0.15, 0.2) is 121 Å². The van der Waals surface area contributed by atoms with Gasteiger partial charge in [-0.3, -0.25) is 29.4 Å². The van der Waals surface area contributed by atoms with Crippen LogP contribution in [-0.2, 0) is 26.2 Å². The van der Waals surface area contributed by atoms with E-state index in [9.17, 15) is 0 Å². The molecular formula is C42H56N6. The van der Waals surface area contributed by atoms with Gasteiger partial charge >= 0.3 is 0 Å². The van der Waals surface area contributed by atoms with E-state index in [0.717, 1.165) is 105 Å². The number of nitrogens with zero attached hydrogens (tertiary/aromatic N) is 6. The van der Waals surface area contributed by atoms with E-state index in [4.69, 9.17) is 0 Å². The number of benzene rings is 4. The fourth-order valence-corrected chi connectivity index (χ4v) is 7.29. The quantitative estimate of drug-likeness (QED) is 0.210. The molecule has 6 heteroatoms. The maximum Gasteiger partial charge on any atom is 0.0595 e. The Morgan fingerprint density at radius 2 is 0.542 bits per heavy atom. The minimum Gasteiger partial charge on any atom is -0.297 e. The molecular weight excluding hydrogens is 589 g/mol. The average molecular weight is 645 g/mol. The van der Waals surface area contributed by atoms with Gasteiger partial charge in [-0.05, 0) is 29.2 Å². The van der Waals surface area contributed by atoms with Crippen LogP contribution >= 0.6 is 0 Å². The lowest BCUT2D eigenvalue weighted by atomic mass is 10.2. The molecule has 0 saturated carbocycles. The molecule has 2 heterocycles. The first kappa shape index (κ1) is 34.5. The molecule has 6 rings (SSSR count). The Balaban J connectivity index is 1.18.